The molecule has 29 heavy (non-hydrogen) atoms. The number of pyridine rings is 1. The van der Waals surface area contributed by atoms with Gasteiger partial charge in [-0.05, 0) is 45.0 Å². The topological polar surface area (TPSA) is 68.7 Å². The van der Waals surface area contributed by atoms with Gasteiger partial charge in [0.25, 0.3) is 0 Å². The number of ether oxygens (including phenoxy) is 2. The van der Waals surface area contributed by atoms with Crippen LogP contribution in [0.2, 0.25) is 0 Å². The number of sulfone groups is 1. The van der Waals surface area contributed by atoms with Crippen LogP contribution in [0.15, 0.2) is 52.4 Å². The average Bonchev–Trinajstić information content (AvgIpc) is 2.73. The van der Waals surface area contributed by atoms with E-state index in [1.54, 1.807) is 6.07 Å². The highest BCUT2D eigenvalue weighted by atomic mass is 32.2. The van der Waals surface area contributed by atoms with E-state index in [2.05, 4.69) is 9.88 Å². The van der Waals surface area contributed by atoms with E-state index in [4.69, 9.17) is 9.47 Å². The molecule has 0 bridgehead atoms. The maximum absolute atomic E-state index is 13.6. The molecule has 0 fully saturated rings. The Morgan fingerprint density at radius 1 is 0.966 bits per heavy atom. The van der Waals surface area contributed by atoms with Crippen molar-refractivity contribution in [2.45, 2.75) is 30.6 Å². The van der Waals surface area contributed by atoms with Crippen LogP contribution in [0.5, 0.6) is 11.5 Å². The number of anilines is 1. The summed E-state index contributed by atoms with van der Waals surface area (Å²) in [6, 6.07) is 10.5. The third-order valence-electron chi connectivity index (χ3n) is 5.00. The molecule has 0 aliphatic carbocycles. The van der Waals surface area contributed by atoms with Crippen molar-refractivity contribution in [1.29, 1.82) is 0 Å². The molecule has 0 aliphatic rings. The summed E-state index contributed by atoms with van der Waals surface area (Å²) in [5.74, 6) is 0.838. The molecule has 2 aromatic carbocycles. The highest BCUT2D eigenvalue weighted by molar-refractivity contribution is 7.91. The number of hydrogen-bond acceptors (Lipinski definition) is 6. The van der Waals surface area contributed by atoms with Crippen molar-refractivity contribution >= 4 is 26.4 Å². The van der Waals surface area contributed by atoms with Gasteiger partial charge in [-0.2, -0.15) is 0 Å². The van der Waals surface area contributed by atoms with Gasteiger partial charge in [-0.15, -0.1) is 0 Å². The fourth-order valence-electron chi connectivity index (χ4n) is 3.45. The second-order valence-electron chi connectivity index (χ2n) is 6.68. The third kappa shape index (κ3) is 3.74. The summed E-state index contributed by atoms with van der Waals surface area (Å²) >= 11 is 0. The molecule has 0 unspecified atom stereocenters. The number of nitrogens with zero attached hydrogens (tertiary/aromatic N) is 2. The van der Waals surface area contributed by atoms with E-state index in [0.717, 1.165) is 16.5 Å². The molecular weight excluding hydrogens is 388 g/mol. The van der Waals surface area contributed by atoms with Gasteiger partial charge >= 0.3 is 0 Å². The molecule has 0 N–H and O–H groups in total. The molecule has 7 heteroatoms. The summed E-state index contributed by atoms with van der Waals surface area (Å²) in [5.41, 5.74) is 2.50. The van der Waals surface area contributed by atoms with E-state index in [1.807, 2.05) is 39.0 Å². The second-order valence-corrected chi connectivity index (χ2v) is 8.60. The highest BCUT2D eigenvalue weighted by Gasteiger charge is 2.27. The van der Waals surface area contributed by atoms with E-state index in [0.29, 0.717) is 30.3 Å². The lowest BCUT2D eigenvalue weighted by Gasteiger charge is -2.25. The molecule has 0 radical (unpaired) electrons. The van der Waals surface area contributed by atoms with Crippen molar-refractivity contribution in [3.63, 3.8) is 0 Å². The van der Waals surface area contributed by atoms with Crippen LogP contribution in [0, 0.1) is 6.92 Å². The standard InChI is InChI=1S/C22H26N2O4S/c1-6-24(7-2)22-17-12-15(3)8-10-18(17)23-14-21(22)29(25,26)16-9-11-19(27-4)20(13-16)28-5/h8-14H,6-7H2,1-5H3. The molecule has 154 valence electrons. The van der Waals surface area contributed by atoms with Crippen molar-refractivity contribution in [3.8, 4) is 11.5 Å². The summed E-state index contributed by atoms with van der Waals surface area (Å²) in [6.45, 7) is 7.37. The molecule has 0 saturated carbocycles. The Bertz CT molecular complexity index is 1140. The molecule has 0 aliphatic heterocycles. The van der Waals surface area contributed by atoms with E-state index in [9.17, 15) is 8.42 Å². The van der Waals surface area contributed by atoms with Gasteiger partial charge in [0.05, 0.1) is 30.3 Å². The molecule has 6 nitrogen and oxygen atoms in total. The van der Waals surface area contributed by atoms with E-state index in [-0.39, 0.29) is 9.79 Å². The zero-order valence-electron chi connectivity index (χ0n) is 17.4. The average molecular weight is 415 g/mol. The van der Waals surface area contributed by atoms with Gasteiger partial charge in [0.15, 0.2) is 11.5 Å². The van der Waals surface area contributed by atoms with E-state index in [1.165, 1.54) is 32.5 Å². The van der Waals surface area contributed by atoms with Gasteiger partial charge in [0, 0.05) is 30.7 Å². The SMILES string of the molecule is CCN(CC)c1c(S(=O)(=O)c2ccc(OC)c(OC)c2)cnc2ccc(C)cc12. The fourth-order valence-corrected chi connectivity index (χ4v) is 4.90. The first-order chi connectivity index (χ1) is 13.9. The summed E-state index contributed by atoms with van der Waals surface area (Å²) < 4.78 is 37.8. The van der Waals surface area contributed by atoms with Gasteiger partial charge in [0.1, 0.15) is 4.90 Å². The van der Waals surface area contributed by atoms with Crippen LogP contribution < -0.4 is 14.4 Å². The number of aromatic nitrogens is 1. The number of rotatable bonds is 7. The Kier molecular flexibility index (Phi) is 5.98. The Morgan fingerprint density at radius 2 is 1.66 bits per heavy atom. The van der Waals surface area contributed by atoms with Crippen molar-refractivity contribution in [3.05, 3.63) is 48.2 Å². The molecule has 1 aromatic heterocycles. The molecular formula is C22H26N2O4S. The predicted octanol–water partition coefficient (Wildman–Crippen LogP) is 4.24. The predicted molar refractivity (Wildman–Crippen MR) is 115 cm³/mol. The highest BCUT2D eigenvalue weighted by Crippen LogP contribution is 2.38. The van der Waals surface area contributed by atoms with Crippen molar-refractivity contribution < 1.29 is 17.9 Å². The van der Waals surface area contributed by atoms with Crippen molar-refractivity contribution in [1.82, 2.24) is 4.98 Å². The number of methoxy groups -OCH3 is 2. The van der Waals surface area contributed by atoms with Crippen LogP contribution >= 0.6 is 0 Å². The first-order valence-electron chi connectivity index (χ1n) is 9.48. The quantitative estimate of drug-likeness (QED) is 0.576. The Morgan fingerprint density at radius 3 is 2.28 bits per heavy atom. The van der Waals surface area contributed by atoms with Gasteiger partial charge < -0.3 is 14.4 Å². The summed E-state index contributed by atoms with van der Waals surface area (Å²) in [5, 5.41) is 0.829. The van der Waals surface area contributed by atoms with E-state index < -0.39 is 9.84 Å². The lowest BCUT2D eigenvalue weighted by Crippen LogP contribution is -2.24. The van der Waals surface area contributed by atoms with Crippen molar-refractivity contribution in [2.24, 2.45) is 0 Å². The lowest BCUT2D eigenvalue weighted by molar-refractivity contribution is 0.354. The number of hydrogen-bond donors (Lipinski definition) is 0. The van der Waals surface area contributed by atoms with E-state index >= 15 is 0 Å². The summed E-state index contributed by atoms with van der Waals surface area (Å²) in [6.07, 6.45) is 1.46. The minimum atomic E-state index is -3.84. The minimum Gasteiger partial charge on any atom is -0.493 e. The monoisotopic (exact) mass is 414 g/mol. The zero-order valence-corrected chi connectivity index (χ0v) is 18.2. The van der Waals surface area contributed by atoms with Crippen LogP contribution in [-0.2, 0) is 9.84 Å². The lowest BCUT2D eigenvalue weighted by atomic mass is 10.1. The van der Waals surface area contributed by atoms with Gasteiger partial charge in [-0.1, -0.05) is 11.6 Å². The molecule has 0 saturated heterocycles. The van der Waals surface area contributed by atoms with Crippen LogP contribution in [0.1, 0.15) is 19.4 Å². The maximum atomic E-state index is 13.6. The fraction of sp³-hybridized carbons (Fsp3) is 0.318. The number of fused-ring (bicyclic) bond motifs is 1. The van der Waals surface area contributed by atoms with Gasteiger partial charge in [0.2, 0.25) is 9.84 Å². The van der Waals surface area contributed by atoms with Crippen LogP contribution in [0.3, 0.4) is 0 Å². The van der Waals surface area contributed by atoms with Gasteiger partial charge in [-0.3, -0.25) is 4.98 Å². The Hall–Kier alpha value is -2.80. The van der Waals surface area contributed by atoms with Crippen LogP contribution in [0.25, 0.3) is 10.9 Å². The Balaban J connectivity index is 2.32. The molecule has 0 atom stereocenters. The third-order valence-corrected chi connectivity index (χ3v) is 6.75. The summed E-state index contributed by atoms with van der Waals surface area (Å²) in [7, 11) is -0.840. The summed E-state index contributed by atoms with van der Waals surface area (Å²) in [4.78, 5) is 6.82. The largest absolute Gasteiger partial charge is 0.493 e. The number of aryl methyl sites for hydroxylation is 1. The minimum absolute atomic E-state index is 0.136. The molecule has 0 spiro atoms. The zero-order chi connectivity index (χ0) is 21.2. The molecule has 3 aromatic rings. The first kappa shape index (κ1) is 20.9. The smallest absolute Gasteiger partial charge is 0.210 e. The maximum Gasteiger partial charge on any atom is 0.210 e. The van der Waals surface area contributed by atoms with Crippen LogP contribution in [-0.4, -0.2) is 40.7 Å². The second kappa shape index (κ2) is 8.29. The van der Waals surface area contributed by atoms with Gasteiger partial charge in [-0.25, -0.2) is 8.42 Å². The van der Waals surface area contributed by atoms with Crippen molar-refractivity contribution in [2.75, 3.05) is 32.2 Å². The first-order valence-corrected chi connectivity index (χ1v) is 11.0. The Labute approximate surface area is 172 Å². The molecule has 3 rings (SSSR count). The molecule has 1 heterocycles. The van der Waals surface area contributed by atoms with Crippen LogP contribution in [0.4, 0.5) is 5.69 Å². The number of benzene rings is 2. The molecule has 0 amide bonds. The normalized spacial score (nSPS) is 11.5.